The van der Waals surface area contributed by atoms with Gasteiger partial charge in [0.2, 0.25) is 8.41 Å². The molecule has 1 N–H and O–H groups in total. The molecule has 1 spiro atoms. The third kappa shape index (κ3) is 5.84. The molecule has 5 atom stereocenters. The van der Waals surface area contributed by atoms with Crippen molar-refractivity contribution in [3.63, 3.8) is 0 Å². The van der Waals surface area contributed by atoms with Gasteiger partial charge in [-0.15, -0.1) is 5.10 Å². The number of rotatable bonds is 10. The highest BCUT2D eigenvalue weighted by atomic mass is 79.9. The van der Waals surface area contributed by atoms with Gasteiger partial charge in [0.05, 0.1) is 47.8 Å². The van der Waals surface area contributed by atoms with Gasteiger partial charge in [0.15, 0.2) is 5.60 Å². The van der Waals surface area contributed by atoms with Gasteiger partial charge in [-0.05, 0) is 78.5 Å². The Morgan fingerprint density at radius 3 is 2.48 bits per heavy atom. The fraction of sp³-hybridized carbons (Fsp3) is 0.273. The molecule has 3 aliphatic heterocycles. The number of carbonyl (C=O) groups is 2. The predicted molar refractivity (Wildman–Crippen MR) is 220 cm³/mol. The van der Waals surface area contributed by atoms with Gasteiger partial charge < -0.3 is 18.9 Å². The molecule has 4 heterocycles. The minimum atomic E-state index is -3.40. The smallest absolute Gasteiger partial charge is 0.264 e. The van der Waals surface area contributed by atoms with Crippen LogP contribution in [0.3, 0.4) is 0 Å². The number of hydrogen-bond donors (Lipinski definition) is 1. The second-order valence-electron chi connectivity index (χ2n) is 15.7. The zero-order chi connectivity index (χ0) is 38.9. The lowest BCUT2D eigenvalue weighted by Gasteiger charge is -2.31. The van der Waals surface area contributed by atoms with Gasteiger partial charge in [-0.25, -0.2) is 0 Å². The van der Waals surface area contributed by atoms with E-state index in [1.165, 1.54) is 0 Å². The van der Waals surface area contributed by atoms with Crippen LogP contribution < -0.4 is 9.80 Å². The maximum absolute atomic E-state index is 16.6. The summed E-state index contributed by atoms with van der Waals surface area (Å²) in [7, 11) is -3.40. The van der Waals surface area contributed by atoms with Gasteiger partial charge in [0.1, 0.15) is 0 Å². The molecule has 3 aliphatic rings. The Labute approximate surface area is 334 Å². The number of amides is 2. The van der Waals surface area contributed by atoms with Crippen molar-refractivity contribution in [2.24, 2.45) is 5.92 Å². The maximum Gasteiger partial charge on any atom is 0.264 e. The van der Waals surface area contributed by atoms with Crippen LogP contribution in [0, 0.1) is 5.92 Å². The van der Waals surface area contributed by atoms with Gasteiger partial charge in [-0.3, -0.25) is 19.2 Å². The minimum Gasteiger partial charge on any atom is -0.395 e. The molecule has 56 heavy (non-hydrogen) atoms. The van der Waals surface area contributed by atoms with Crippen LogP contribution in [0.4, 0.5) is 21.2 Å². The van der Waals surface area contributed by atoms with Crippen molar-refractivity contribution in [1.82, 2.24) is 15.0 Å². The number of aliphatic hydroxyl groups excluding tert-OH is 1. The van der Waals surface area contributed by atoms with Gasteiger partial charge in [0, 0.05) is 45.3 Å². The van der Waals surface area contributed by atoms with E-state index in [1.807, 2.05) is 122 Å². The van der Waals surface area contributed by atoms with Crippen molar-refractivity contribution in [2.75, 3.05) is 16.4 Å². The average Bonchev–Trinajstić information content (AvgIpc) is 3.91. The number of halogens is 2. The summed E-state index contributed by atoms with van der Waals surface area (Å²) < 4.78 is 26.1. The third-order valence-corrected chi connectivity index (χ3v) is 14.9. The summed E-state index contributed by atoms with van der Waals surface area (Å²) in [4.78, 5) is 32.4. The molecular formula is C44H41BrFN5O4Si. The van der Waals surface area contributed by atoms with Crippen LogP contribution in [0.25, 0.3) is 10.8 Å². The van der Waals surface area contributed by atoms with E-state index in [9.17, 15) is 9.90 Å². The first-order chi connectivity index (χ1) is 27.0. The fourth-order valence-electron chi connectivity index (χ4n) is 9.49. The number of hydrogen-bond acceptors (Lipinski definition) is 6. The van der Waals surface area contributed by atoms with Gasteiger partial charge in [-0.1, -0.05) is 94.8 Å². The van der Waals surface area contributed by atoms with Gasteiger partial charge in [0.25, 0.3) is 11.8 Å². The molecule has 0 saturated carbocycles. The van der Waals surface area contributed by atoms with Crippen molar-refractivity contribution in [3.05, 3.63) is 148 Å². The summed E-state index contributed by atoms with van der Waals surface area (Å²) in [5.41, 5.74) is 4.22. The molecule has 5 aromatic carbocycles. The van der Waals surface area contributed by atoms with E-state index >= 15 is 8.90 Å². The average molecular weight is 831 g/mol. The van der Waals surface area contributed by atoms with Crippen molar-refractivity contribution in [3.8, 4) is 0 Å². The zero-order valence-electron chi connectivity index (χ0n) is 31.3. The standard InChI is InChI=1S/C44H41BrFN5O4Si/c1-27-41(56(2,3)46)39(20-21-49-25-36(47-48-49)34(26-52)29-11-5-4-6-12-29)55-44(27)35-23-31(45)18-19-37(35)50(43(44)54)24-28-10-7-15-32(22-28)51-38-17-9-14-30-13-8-16-33(40(30)38)42(51)53/h4-19,22-23,25,27,34,39,41,52H,20-21,24,26H2,1-3H3/t27-,34?,39+,41-,44+/m0/s1. The Bertz CT molecular complexity index is 2500. The molecule has 1 unspecified atom stereocenters. The molecule has 1 aromatic heterocycles. The SMILES string of the molecule is C[C@H]1[C@H]([Si](C)(C)F)[C@@H](CCn2cc(C(CO)c3ccccc3)nn2)O[C@]12C(=O)N(Cc1cccc(N3C(=O)c4cccc5cccc3c45)c1)c1ccc(Br)cc12. The number of fused-ring (bicyclic) bond motifs is 2. The Balaban J connectivity index is 1.01. The zero-order valence-corrected chi connectivity index (χ0v) is 33.9. The Morgan fingerprint density at radius 1 is 0.946 bits per heavy atom. The molecule has 2 amide bonds. The molecule has 6 aromatic rings. The number of aromatic nitrogens is 3. The number of anilines is 3. The fourth-order valence-corrected chi connectivity index (χ4v) is 12.4. The Kier molecular flexibility index (Phi) is 9.07. The van der Waals surface area contributed by atoms with Crippen molar-refractivity contribution in [2.45, 2.75) is 62.7 Å². The van der Waals surface area contributed by atoms with E-state index in [0.29, 0.717) is 24.2 Å². The normalized spacial score (nSPS) is 22.1. The quantitative estimate of drug-likeness (QED) is 0.109. The summed E-state index contributed by atoms with van der Waals surface area (Å²) in [6.07, 6.45) is 1.69. The highest BCUT2D eigenvalue weighted by Gasteiger charge is 2.66. The molecule has 1 fully saturated rings. The van der Waals surface area contributed by atoms with Crippen LogP contribution in [0.2, 0.25) is 18.6 Å². The molecule has 1 saturated heterocycles. The van der Waals surface area contributed by atoms with Crippen molar-refractivity contribution >= 4 is 64.0 Å². The van der Waals surface area contributed by atoms with Crippen LogP contribution in [-0.2, 0) is 28.2 Å². The number of nitrogens with zero attached hydrogens (tertiary/aromatic N) is 5. The van der Waals surface area contributed by atoms with Gasteiger partial charge >= 0.3 is 0 Å². The highest BCUT2D eigenvalue weighted by molar-refractivity contribution is 9.10. The van der Waals surface area contributed by atoms with Gasteiger partial charge in [-0.2, -0.15) is 0 Å². The first kappa shape index (κ1) is 36.6. The molecule has 0 bridgehead atoms. The Hall–Kier alpha value is -5.01. The van der Waals surface area contributed by atoms with Crippen LogP contribution in [0.15, 0.2) is 120 Å². The molecule has 12 heteroatoms. The van der Waals surface area contributed by atoms with E-state index in [0.717, 1.165) is 49.0 Å². The summed E-state index contributed by atoms with van der Waals surface area (Å²) >= 11 is 3.64. The largest absolute Gasteiger partial charge is 0.395 e. The molecular weight excluding hydrogens is 790 g/mol. The summed E-state index contributed by atoms with van der Waals surface area (Å²) in [5, 5.41) is 20.9. The van der Waals surface area contributed by atoms with Crippen LogP contribution in [0.5, 0.6) is 0 Å². The number of ether oxygens (including phenoxy) is 1. The molecule has 0 aliphatic carbocycles. The number of benzene rings is 5. The number of aryl methyl sites for hydroxylation is 1. The predicted octanol–water partition coefficient (Wildman–Crippen LogP) is 9.02. The topological polar surface area (TPSA) is 101 Å². The van der Waals surface area contributed by atoms with E-state index in [2.05, 4.69) is 26.2 Å². The number of carbonyl (C=O) groups excluding carboxylic acids is 2. The highest BCUT2D eigenvalue weighted by Crippen LogP contribution is 2.60. The summed E-state index contributed by atoms with van der Waals surface area (Å²) in [6.45, 7) is 5.88. The second-order valence-corrected chi connectivity index (χ2v) is 20.4. The van der Waals surface area contributed by atoms with Crippen LogP contribution in [-0.4, -0.2) is 53.0 Å². The molecule has 0 radical (unpaired) electrons. The molecule has 9 rings (SSSR count). The third-order valence-electron chi connectivity index (χ3n) is 11.9. The first-order valence-electron chi connectivity index (χ1n) is 19.0. The van der Waals surface area contributed by atoms with E-state index in [1.54, 1.807) is 27.6 Å². The molecule has 284 valence electrons. The maximum atomic E-state index is 16.6. The summed E-state index contributed by atoms with van der Waals surface area (Å²) in [5.74, 6) is -1.09. The van der Waals surface area contributed by atoms with E-state index in [-0.39, 0.29) is 30.9 Å². The van der Waals surface area contributed by atoms with E-state index < -0.39 is 31.6 Å². The van der Waals surface area contributed by atoms with Crippen molar-refractivity contribution < 1.29 is 23.5 Å². The lowest BCUT2D eigenvalue weighted by Crippen LogP contribution is -2.45. The molecule has 9 nitrogen and oxygen atoms in total. The van der Waals surface area contributed by atoms with Crippen molar-refractivity contribution in [1.29, 1.82) is 0 Å². The van der Waals surface area contributed by atoms with E-state index in [4.69, 9.17) is 4.74 Å². The number of aliphatic hydroxyl groups is 1. The first-order valence-corrected chi connectivity index (χ1v) is 22.7. The Morgan fingerprint density at radius 2 is 1.71 bits per heavy atom. The monoisotopic (exact) mass is 829 g/mol. The lowest BCUT2D eigenvalue weighted by atomic mass is 9.82. The van der Waals surface area contributed by atoms with Crippen LogP contribution >= 0.6 is 15.9 Å². The second kappa shape index (κ2) is 13.9. The lowest BCUT2D eigenvalue weighted by molar-refractivity contribution is -0.146. The van der Waals surface area contributed by atoms with Crippen LogP contribution in [0.1, 0.15) is 52.0 Å². The summed E-state index contributed by atoms with van der Waals surface area (Å²) in [6, 6.07) is 34.9. The minimum absolute atomic E-state index is 0.0878.